The van der Waals surface area contributed by atoms with E-state index >= 15 is 0 Å². The highest BCUT2D eigenvalue weighted by Gasteiger charge is 2.12. The smallest absolute Gasteiger partial charge is 0.408 e. The van der Waals surface area contributed by atoms with Crippen LogP contribution in [0, 0.1) is 0 Å². The first kappa shape index (κ1) is 11.4. The molecule has 0 saturated carbocycles. The fourth-order valence-electron chi connectivity index (χ4n) is 1.95. The van der Waals surface area contributed by atoms with E-state index in [0.717, 1.165) is 0 Å². The molecule has 5 heteroatoms. The molecule has 19 heavy (non-hydrogen) atoms. The molecule has 0 amide bonds. The average molecular weight is 254 g/mol. The number of benzene rings is 1. The second-order valence-electron chi connectivity index (χ2n) is 4.17. The number of oxazole rings is 1. The standard InChI is InChI=1S/C14H10N2O3/c1-16-11-3-2-10(8-12(11)19-14(16)18)13(17)9-4-6-15-7-5-9/h2-8H,1H3. The molecular weight excluding hydrogens is 244 g/mol. The van der Waals surface area contributed by atoms with Crippen molar-refractivity contribution >= 4 is 16.9 Å². The summed E-state index contributed by atoms with van der Waals surface area (Å²) in [6.07, 6.45) is 3.13. The monoisotopic (exact) mass is 254 g/mol. The van der Waals surface area contributed by atoms with Crippen LogP contribution in [0.5, 0.6) is 0 Å². The molecular formula is C14H10N2O3. The number of carbonyl (C=O) groups is 1. The van der Waals surface area contributed by atoms with Crippen LogP contribution in [0.25, 0.3) is 11.1 Å². The molecule has 0 bridgehead atoms. The summed E-state index contributed by atoms with van der Waals surface area (Å²) in [7, 11) is 1.62. The molecule has 0 fully saturated rings. The Morgan fingerprint density at radius 1 is 1.16 bits per heavy atom. The van der Waals surface area contributed by atoms with E-state index in [9.17, 15) is 9.59 Å². The quantitative estimate of drug-likeness (QED) is 0.653. The fourth-order valence-corrected chi connectivity index (χ4v) is 1.95. The lowest BCUT2D eigenvalue weighted by Crippen LogP contribution is -2.08. The van der Waals surface area contributed by atoms with Crippen LogP contribution in [0.3, 0.4) is 0 Å². The maximum Gasteiger partial charge on any atom is 0.419 e. The van der Waals surface area contributed by atoms with Gasteiger partial charge in [-0.1, -0.05) is 0 Å². The van der Waals surface area contributed by atoms with Gasteiger partial charge in [-0.3, -0.25) is 14.3 Å². The van der Waals surface area contributed by atoms with Crippen LogP contribution in [0.15, 0.2) is 51.9 Å². The van der Waals surface area contributed by atoms with Gasteiger partial charge in [0, 0.05) is 30.6 Å². The van der Waals surface area contributed by atoms with E-state index < -0.39 is 5.76 Å². The van der Waals surface area contributed by atoms with Crippen LogP contribution in [0.1, 0.15) is 15.9 Å². The summed E-state index contributed by atoms with van der Waals surface area (Å²) in [5.74, 6) is -0.570. The summed E-state index contributed by atoms with van der Waals surface area (Å²) in [6, 6.07) is 8.26. The van der Waals surface area contributed by atoms with Gasteiger partial charge < -0.3 is 4.42 Å². The van der Waals surface area contributed by atoms with Crippen molar-refractivity contribution in [1.82, 2.24) is 9.55 Å². The number of rotatable bonds is 2. The zero-order chi connectivity index (χ0) is 13.4. The Hall–Kier alpha value is -2.69. The molecule has 3 rings (SSSR count). The lowest BCUT2D eigenvalue weighted by molar-refractivity contribution is 0.103. The minimum atomic E-state index is -0.441. The Morgan fingerprint density at radius 2 is 1.89 bits per heavy atom. The Morgan fingerprint density at radius 3 is 2.63 bits per heavy atom. The van der Waals surface area contributed by atoms with E-state index in [1.165, 1.54) is 4.57 Å². The third-order valence-electron chi connectivity index (χ3n) is 3.00. The highest BCUT2D eigenvalue weighted by molar-refractivity contribution is 6.10. The van der Waals surface area contributed by atoms with Gasteiger partial charge in [-0.2, -0.15) is 0 Å². The fraction of sp³-hybridized carbons (Fsp3) is 0.0714. The zero-order valence-electron chi connectivity index (χ0n) is 10.2. The van der Waals surface area contributed by atoms with Gasteiger partial charge in [0.2, 0.25) is 0 Å². The third-order valence-corrected chi connectivity index (χ3v) is 3.00. The number of hydrogen-bond acceptors (Lipinski definition) is 4. The first-order valence-electron chi connectivity index (χ1n) is 5.71. The van der Waals surface area contributed by atoms with Crippen molar-refractivity contribution < 1.29 is 9.21 Å². The molecule has 0 aliphatic heterocycles. The lowest BCUT2D eigenvalue weighted by atomic mass is 10.0. The molecule has 1 aromatic carbocycles. The van der Waals surface area contributed by atoms with Crippen molar-refractivity contribution in [3.8, 4) is 0 Å². The molecule has 0 aliphatic rings. The molecule has 0 saturated heterocycles. The molecule has 94 valence electrons. The summed E-state index contributed by atoms with van der Waals surface area (Å²) in [5, 5.41) is 0. The van der Waals surface area contributed by atoms with Crippen LogP contribution in [0.4, 0.5) is 0 Å². The highest BCUT2D eigenvalue weighted by Crippen LogP contribution is 2.16. The number of pyridine rings is 1. The van der Waals surface area contributed by atoms with Crippen LogP contribution in [-0.2, 0) is 7.05 Å². The summed E-state index contributed by atoms with van der Waals surface area (Å²) >= 11 is 0. The lowest BCUT2D eigenvalue weighted by Gasteiger charge is -2.00. The number of hydrogen-bond donors (Lipinski definition) is 0. The number of aryl methyl sites for hydroxylation is 1. The van der Waals surface area contributed by atoms with Gasteiger partial charge in [0.15, 0.2) is 11.4 Å². The van der Waals surface area contributed by atoms with Crippen molar-refractivity contribution in [1.29, 1.82) is 0 Å². The SMILES string of the molecule is Cn1c(=O)oc2cc(C(=O)c3ccncc3)ccc21. The van der Waals surface area contributed by atoms with Crippen LogP contribution >= 0.6 is 0 Å². The van der Waals surface area contributed by atoms with Crippen molar-refractivity contribution in [3.05, 3.63) is 64.4 Å². The Labute approximate surface area is 108 Å². The minimum Gasteiger partial charge on any atom is -0.408 e. The van der Waals surface area contributed by atoms with E-state index in [1.54, 1.807) is 49.8 Å². The first-order valence-corrected chi connectivity index (χ1v) is 5.71. The van der Waals surface area contributed by atoms with Crippen molar-refractivity contribution in [2.24, 2.45) is 7.05 Å². The summed E-state index contributed by atoms with van der Waals surface area (Å²) in [5.41, 5.74) is 2.10. The van der Waals surface area contributed by atoms with Crippen LogP contribution in [-0.4, -0.2) is 15.3 Å². The van der Waals surface area contributed by atoms with Gasteiger partial charge in [0.25, 0.3) is 0 Å². The van der Waals surface area contributed by atoms with E-state index in [0.29, 0.717) is 22.2 Å². The molecule has 2 heterocycles. The van der Waals surface area contributed by atoms with Crippen LogP contribution < -0.4 is 5.76 Å². The summed E-state index contributed by atoms with van der Waals surface area (Å²) < 4.78 is 6.47. The predicted molar refractivity (Wildman–Crippen MR) is 69.1 cm³/mol. The zero-order valence-corrected chi connectivity index (χ0v) is 10.2. The summed E-state index contributed by atoms with van der Waals surface area (Å²) in [4.78, 5) is 27.5. The number of carbonyl (C=O) groups excluding carboxylic acids is 1. The van der Waals surface area contributed by atoms with Crippen molar-refractivity contribution in [2.75, 3.05) is 0 Å². The highest BCUT2D eigenvalue weighted by atomic mass is 16.4. The minimum absolute atomic E-state index is 0.129. The number of aromatic nitrogens is 2. The van der Waals surface area contributed by atoms with Gasteiger partial charge in [-0.15, -0.1) is 0 Å². The first-order chi connectivity index (χ1) is 9.16. The van der Waals surface area contributed by atoms with Gasteiger partial charge in [-0.25, -0.2) is 4.79 Å². The van der Waals surface area contributed by atoms with Gasteiger partial charge >= 0.3 is 5.76 Å². The molecule has 5 nitrogen and oxygen atoms in total. The molecule has 0 N–H and O–H groups in total. The Kier molecular flexibility index (Phi) is 2.52. The maximum atomic E-state index is 12.2. The predicted octanol–water partition coefficient (Wildman–Crippen LogP) is 1.76. The van der Waals surface area contributed by atoms with Crippen molar-refractivity contribution in [3.63, 3.8) is 0 Å². The third kappa shape index (κ3) is 1.85. The number of nitrogens with zero attached hydrogens (tertiary/aromatic N) is 2. The van der Waals surface area contributed by atoms with Gasteiger partial charge in [0.05, 0.1) is 5.52 Å². The van der Waals surface area contributed by atoms with Crippen LogP contribution in [0.2, 0.25) is 0 Å². The summed E-state index contributed by atoms with van der Waals surface area (Å²) in [6.45, 7) is 0. The molecule has 3 aromatic rings. The second-order valence-corrected chi connectivity index (χ2v) is 4.17. The molecule has 0 aliphatic carbocycles. The van der Waals surface area contributed by atoms with Gasteiger partial charge in [-0.05, 0) is 30.3 Å². The molecule has 0 radical (unpaired) electrons. The van der Waals surface area contributed by atoms with E-state index in [4.69, 9.17) is 4.42 Å². The average Bonchev–Trinajstić information content (AvgIpc) is 2.74. The second kappa shape index (κ2) is 4.20. The normalized spacial score (nSPS) is 10.8. The Bertz CT molecular complexity index is 816. The maximum absolute atomic E-state index is 12.2. The molecule has 0 spiro atoms. The number of ketones is 1. The molecule has 0 atom stereocenters. The van der Waals surface area contributed by atoms with E-state index in [-0.39, 0.29) is 5.78 Å². The largest absolute Gasteiger partial charge is 0.419 e. The topological polar surface area (TPSA) is 65.1 Å². The van der Waals surface area contributed by atoms with Crippen molar-refractivity contribution in [2.45, 2.75) is 0 Å². The Balaban J connectivity index is 2.12. The molecule has 2 aromatic heterocycles. The number of fused-ring (bicyclic) bond motifs is 1. The van der Waals surface area contributed by atoms with Gasteiger partial charge in [0.1, 0.15) is 0 Å². The molecule has 0 unspecified atom stereocenters. The van der Waals surface area contributed by atoms with E-state index in [2.05, 4.69) is 4.98 Å². The van der Waals surface area contributed by atoms with E-state index in [1.807, 2.05) is 0 Å².